The van der Waals surface area contributed by atoms with Crippen molar-refractivity contribution >= 4 is 11.0 Å². The highest BCUT2D eigenvalue weighted by atomic mass is 19.1. The Labute approximate surface area is 179 Å². The van der Waals surface area contributed by atoms with Crippen LogP contribution in [0.2, 0.25) is 0 Å². The van der Waals surface area contributed by atoms with E-state index in [0.29, 0.717) is 11.7 Å². The van der Waals surface area contributed by atoms with E-state index in [1.54, 1.807) is 29.0 Å². The van der Waals surface area contributed by atoms with Gasteiger partial charge in [-0.1, -0.05) is 19.1 Å². The average Bonchev–Trinajstić information content (AvgIpc) is 3.57. The number of nitrogens with zero attached hydrogens (tertiary/aromatic N) is 3. The minimum atomic E-state index is -0.286. The maximum absolute atomic E-state index is 13.0. The molecule has 6 heteroatoms. The van der Waals surface area contributed by atoms with Gasteiger partial charge in [0.05, 0.1) is 16.7 Å². The largest absolute Gasteiger partial charge is 0.489 e. The number of aryl methyl sites for hydroxylation is 1. The lowest BCUT2D eigenvalue weighted by atomic mass is 10.1. The second-order valence-electron chi connectivity index (χ2n) is 8.31. The van der Waals surface area contributed by atoms with Crippen LogP contribution < -0.4 is 10.3 Å². The quantitative estimate of drug-likeness (QED) is 0.446. The van der Waals surface area contributed by atoms with Crippen LogP contribution in [0.25, 0.3) is 16.7 Å². The number of imidazole rings is 1. The summed E-state index contributed by atoms with van der Waals surface area (Å²) in [4.78, 5) is 17.6. The summed E-state index contributed by atoms with van der Waals surface area (Å²) >= 11 is 0. The fourth-order valence-electron chi connectivity index (χ4n) is 4.07. The number of fused-ring (bicyclic) bond motifs is 1. The topological polar surface area (TPSA) is 49.1 Å². The van der Waals surface area contributed by atoms with E-state index in [1.807, 2.05) is 25.2 Å². The van der Waals surface area contributed by atoms with E-state index in [1.165, 1.54) is 31.0 Å². The Morgan fingerprint density at radius 2 is 1.90 bits per heavy atom. The highest BCUT2D eigenvalue weighted by Gasteiger charge is 2.31. The Balaban J connectivity index is 1.39. The number of pyridine rings is 1. The van der Waals surface area contributed by atoms with Crippen LogP contribution in [0.5, 0.6) is 5.75 Å². The van der Waals surface area contributed by atoms with Gasteiger partial charge in [0.2, 0.25) is 0 Å². The summed E-state index contributed by atoms with van der Waals surface area (Å²) in [6.45, 7) is 2.52. The molecule has 1 atom stereocenters. The van der Waals surface area contributed by atoms with Gasteiger partial charge in [0, 0.05) is 25.2 Å². The van der Waals surface area contributed by atoms with Gasteiger partial charge in [0.1, 0.15) is 24.0 Å². The molecule has 2 aromatic carbocycles. The third-order valence-corrected chi connectivity index (χ3v) is 6.12. The molecule has 5 rings (SSSR count). The van der Waals surface area contributed by atoms with Crippen LogP contribution in [0.4, 0.5) is 4.39 Å². The number of aromatic nitrogens is 3. The lowest BCUT2D eigenvalue weighted by Gasteiger charge is -2.11. The van der Waals surface area contributed by atoms with Crippen molar-refractivity contribution in [1.82, 2.24) is 14.1 Å². The van der Waals surface area contributed by atoms with Crippen molar-refractivity contribution in [3.8, 4) is 11.4 Å². The van der Waals surface area contributed by atoms with Crippen molar-refractivity contribution in [2.24, 2.45) is 13.0 Å². The molecular weight excluding hydrogens is 393 g/mol. The fraction of sp³-hybridized carbons (Fsp3) is 0.280. The van der Waals surface area contributed by atoms with Gasteiger partial charge in [-0.05, 0) is 60.7 Å². The minimum absolute atomic E-state index is 0.176. The molecule has 0 saturated heterocycles. The molecule has 4 aromatic rings. The van der Waals surface area contributed by atoms with Crippen molar-refractivity contribution in [1.29, 1.82) is 0 Å². The van der Waals surface area contributed by atoms with Crippen LogP contribution >= 0.6 is 0 Å². The molecule has 5 nitrogen and oxygen atoms in total. The molecule has 158 valence electrons. The smallest absolute Gasteiger partial charge is 0.258 e. The van der Waals surface area contributed by atoms with Gasteiger partial charge in [-0.3, -0.25) is 9.36 Å². The van der Waals surface area contributed by atoms with E-state index in [2.05, 4.69) is 11.5 Å². The molecular formula is C25H24FN3O2. The van der Waals surface area contributed by atoms with Gasteiger partial charge in [0.25, 0.3) is 5.56 Å². The molecule has 0 radical (unpaired) electrons. The van der Waals surface area contributed by atoms with Crippen LogP contribution in [0.15, 0.2) is 65.6 Å². The summed E-state index contributed by atoms with van der Waals surface area (Å²) < 4.78 is 22.5. The van der Waals surface area contributed by atoms with Crippen molar-refractivity contribution in [2.45, 2.75) is 32.3 Å². The lowest BCUT2D eigenvalue weighted by Crippen LogP contribution is -2.16. The third kappa shape index (κ3) is 3.85. The first-order chi connectivity index (χ1) is 15.0. The third-order valence-electron chi connectivity index (χ3n) is 6.12. The summed E-state index contributed by atoms with van der Waals surface area (Å²) in [5, 5.41) is 0. The zero-order valence-electron chi connectivity index (χ0n) is 17.6. The van der Waals surface area contributed by atoms with E-state index in [4.69, 9.17) is 9.72 Å². The van der Waals surface area contributed by atoms with Crippen LogP contribution in [-0.4, -0.2) is 14.1 Å². The van der Waals surface area contributed by atoms with E-state index in [9.17, 15) is 9.18 Å². The monoisotopic (exact) mass is 417 g/mol. The Bertz CT molecular complexity index is 1300. The Morgan fingerprint density at radius 3 is 2.61 bits per heavy atom. The molecule has 1 aliphatic carbocycles. The second-order valence-corrected chi connectivity index (χ2v) is 8.31. The Hall–Kier alpha value is -3.41. The molecule has 1 unspecified atom stereocenters. The van der Waals surface area contributed by atoms with Crippen molar-refractivity contribution in [3.63, 3.8) is 0 Å². The summed E-state index contributed by atoms with van der Waals surface area (Å²) in [6, 6.07) is 15.2. The zero-order chi connectivity index (χ0) is 21.5. The fourth-order valence-corrected chi connectivity index (χ4v) is 4.07. The highest BCUT2D eigenvalue weighted by Crippen LogP contribution is 2.42. The van der Waals surface area contributed by atoms with Gasteiger partial charge in [0.15, 0.2) is 0 Å². The lowest BCUT2D eigenvalue weighted by molar-refractivity contribution is 0.305. The van der Waals surface area contributed by atoms with Gasteiger partial charge in [-0.15, -0.1) is 0 Å². The van der Waals surface area contributed by atoms with Crippen LogP contribution in [-0.2, 0) is 13.7 Å². The molecule has 0 spiro atoms. The van der Waals surface area contributed by atoms with Crippen LogP contribution in [0.3, 0.4) is 0 Å². The molecule has 0 N–H and O–H groups in total. The molecule has 2 aromatic heterocycles. The number of hydrogen-bond donors (Lipinski definition) is 0. The molecule has 31 heavy (non-hydrogen) atoms. The van der Waals surface area contributed by atoms with Crippen molar-refractivity contribution in [3.05, 3.63) is 88.4 Å². The summed E-state index contributed by atoms with van der Waals surface area (Å²) in [7, 11) is 2.04. The minimum Gasteiger partial charge on any atom is -0.489 e. The first-order valence-electron chi connectivity index (χ1n) is 10.6. The predicted molar refractivity (Wildman–Crippen MR) is 118 cm³/mol. The Kier molecular flexibility index (Phi) is 4.85. The van der Waals surface area contributed by atoms with Gasteiger partial charge in [-0.2, -0.15) is 0 Å². The van der Waals surface area contributed by atoms with Gasteiger partial charge in [-0.25, -0.2) is 9.37 Å². The maximum atomic E-state index is 13.0. The Morgan fingerprint density at radius 1 is 1.13 bits per heavy atom. The summed E-state index contributed by atoms with van der Waals surface area (Å²) in [5.74, 6) is 2.48. The summed E-state index contributed by atoms with van der Waals surface area (Å²) in [5.41, 5.74) is 3.41. The van der Waals surface area contributed by atoms with E-state index in [-0.39, 0.29) is 18.0 Å². The number of rotatable bonds is 6. The SMILES string of the molecule is CC(c1nc2ccc(-n3ccc(OCc4ccc(F)cc4)cc3=O)cc2n1C)C1CC1. The van der Waals surface area contributed by atoms with E-state index in [0.717, 1.165) is 34.0 Å². The number of halogens is 1. The molecule has 0 aliphatic heterocycles. The first kappa shape index (κ1) is 19.5. The van der Waals surface area contributed by atoms with Crippen LogP contribution in [0.1, 0.15) is 37.1 Å². The highest BCUT2D eigenvalue weighted by molar-refractivity contribution is 5.78. The number of ether oxygens (including phenoxy) is 1. The van der Waals surface area contributed by atoms with Gasteiger partial charge < -0.3 is 9.30 Å². The molecule has 0 bridgehead atoms. The van der Waals surface area contributed by atoms with Crippen molar-refractivity contribution in [2.75, 3.05) is 0 Å². The molecule has 2 heterocycles. The molecule has 0 amide bonds. The molecule has 1 fully saturated rings. The second kappa shape index (κ2) is 7.69. The van der Waals surface area contributed by atoms with Gasteiger partial charge >= 0.3 is 0 Å². The number of benzene rings is 2. The average molecular weight is 417 g/mol. The first-order valence-corrected chi connectivity index (χ1v) is 10.6. The normalized spacial score (nSPS) is 14.7. The maximum Gasteiger partial charge on any atom is 0.258 e. The molecule has 1 saturated carbocycles. The standard InChI is InChI=1S/C25H24FN3O2/c1-16(18-5-6-18)25-27-22-10-9-20(13-23(22)28(25)2)29-12-11-21(14-24(29)30)31-15-17-3-7-19(26)8-4-17/h3-4,7-14,16,18H,5-6,15H2,1-2H3. The van der Waals surface area contributed by atoms with Crippen molar-refractivity contribution < 1.29 is 9.13 Å². The van der Waals surface area contributed by atoms with E-state index < -0.39 is 0 Å². The summed E-state index contributed by atoms with van der Waals surface area (Å²) in [6.07, 6.45) is 4.27. The van der Waals surface area contributed by atoms with E-state index >= 15 is 0 Å². The zero-order valence-corrected chi connectivity index (χ0v) is 17.6. The molecule has 1 aliphatic rings. The predicted octanol–water partition coefficient (Wildman–Crippen LogP) is 4.96. The number of hydrogen-bond acceptors (Lipinski definition) is 3. The van der Waals surface area contributed by atoms with Crippen LogP contribution in [0, 0.1) is 11.7 Å².